The van der Waals surface area contributed by atoms with Crippen LogP contribution in [0.25, 0.3) is 0 Å². The number of para-hydroxylation sites is 1. The number of hydrogen-bond donors (Lipinski definition) is 3. The van der Waals surface area contributed by atoms with Gasteiger partial charge in [0, 0.05) is 19.1 Å². The number of phenols is 1. The van der Waals surface area contributed by atoms with Gasteiger partial charge in [-0.1, -0.05) is 18.0 Å². The Morgan fingerprint density at radius 1 is 1.58 bits per heavy atom. The van der Waals surface area contributed by atoms with Crippen LogP contribution in [0.5, 0.6) is 5.75 Å². The average Bonchev–Trinajstić information content (AvgIpc) is 2.42. The maximum absolute atomic E-state index is 12.4. The molecule has 1 aliphatic heterocycles. The van der Waals surface area contributed by atoms with Gasteiger partial charge in [0.15, 0.2) is 5.75 Å². The van der Waals surface area contributed by atoms with Crippen LogP contribution in [0.3, 0.4) is 0 Å². The molecule has 1 atom stereocenters. The van der Waals surface area contributed by atoms with Crippen LogP contribution in [0.1, 0.15) is 23.2 Å². The van der Waals surface area contributed by atoms with Gasteiger partial charge in [0.25, 0.3) is 5.91 Å². The van der Waals surface area contributed by atoms with Crippen LogP contribution < -0.4 is 10.5 Å². The van der Waals surface area contributed by atoms with E-state index in [0.29, 0.717) is 12.6 Å². The zero-order valence-electron chi connectivity index (χ0n) is 10.9. The number of likely N-dealkylation sites (tertiary alicyclic amines) is 1. The summed E-state index contributed by atoms with van der Waals surface area (Å²) in [6.45, 7) is 1.38. The van der Waals surface area contributed by atoms with Crippen molar-refractivity contribution in [3.63, 3.8) is 0 Å². The summed E-state index contributed by atoms with van der Waals surface area (Å²) in [7, 11) is 0. The predicted molar refractivity (Wildman–Crippen MR) is 78.1 cm³/mol. The van der Waals surface area contributed by atoms with Crippen molar-refractivity contribution in [2.45, 2.75) is 18.9 Å². The molecule has 2 rings (SSSR count). The van der Waals surface area contributed by atoms with Crippen molar-refractivity contribution in [2.75, 3.05) is 25.1 Å². The molecule has 19 heavy (non-hydrogen) atoms. The minimum absolute atomic E-state index is 0.118. The van der Waals surface area contributed by atoms with Gasteiger partial charge in [-0.25, -0.2) is 0 Å². The number of nitrogen functional groups attached to an aromatic ring is 1. The Bertz CT molecular complexity index is 465. The molecule has 0 saturated carbocycles. The first kappa shape index (κ1) is 14.0. The quantitative estimate of drug-likeness (QED) is 0.444. The first-order valence-corrected chi connectivity index (χ1v) is 7.51. The lowest BCUT2D eigenvalue weighted by molar-refractivity contribution is 0.0701. The summed E-state index contributed by atoms with van der Waals surface area (Å²) < 4.78 is 3.28. The van der Waals surface area contributed by atoms with Crippen molar-refractivity contribution in [1.29, 1.82) is 0 Å². The Hall–Kier alpha value is -1.40. The largest absolute Gasteiger partial charge is 0.505 e. The maximum atomic E-state index is 12.4. The fourth-order valence-electron chi connectivity index (χ4n) is 2.33. The van der Waals surface area contributed by atoms with E-state index in [2.05, 4.69) is 4.72 Å². The number of nitrogens with two attached hydrogens (primary N) is 1. The zero-order chi connectivity index (χ0) is 13.8. The SMILES string of the molecule is CSNC1CCCN(C(=O)c2cccc(N)c2O)C1. The van der Waals surface area contributed by atoms with Crippen molar-refractivity contribution >= 4 is 23.5 Å². The number of nitrogens with one attached hydrogen (secondary N) is 1. The molecule has 1 aromatic carbocycles. The number of rotatable bonds is 3. The van der Waals surface area contributed by atoms with Gasteiger partial charge in [-0.2, -0.15) is 0 Å². The second-order valence-electron chi connectivity index (χ2n) is 4.66. The highest BCUT2D eigenvalue weighted by atomic mass is 32.2. The molecule has 1 aliphatic rings. The van der Waals surface area contributed by atoms with Gasteiger partial charge >= 0.3 is 0 Å². The number of nitrogens with zero attached hydrogens (tertiary/aromatic N) is 1. The first-order valence-electron chi connectivity index (χ1n) is 6.28. The highest BCUT2D eigenvalue weighted by Crippen LogP contribution is 2.26. The molecule has 4 N–H and O–H groups in total. The first-order chi connectivity index (χ1) is 9.13. The summed E-state index contributed by atoms with van der Waals surface area (Å²) in [6.07, 6.45) is 4.01. The van der Waals surface area contributed by atoms with E-state index in [1.54, 1.807) is 35.0 Å². The van der Waals surface area contributed by atoms with E-state index in [0.717, 1.165) is 19.4 Å². The van der Waals surface area contributed by atoms with E-state index in [1.165, 1.54) is 0 Å². The van der Waals surface area contributed by atoms with E-state index >= 15 is 0 Å². The summed E-state index contributed by atoms with van der Waals surface area (Å²) in [5, 5.41) is 9.88. The van der Waals surface area contributed by atoms with E-state index in [4.69, 9.17) is 5.73 Å². The van der Waals surface area contributed by atoms with Crippen molar-refractivity contribution in [3.05, 3.63) is 23.8 Å². The van der Waals surface area contributed by atoms with Gasteiger partial charge in [-0.3, -0.25) is 9.52 Å². The topological polar surface area (TPSA) is 78.6 Å². The number of phenolic OH excluding ortho intramolecular Hbond substituents is 1. The third kappa shape index (κ3) is 3.13. The summed E-state index contributed by atoms with van der Waals surface area (Å²) in [6, 6.07) is 5.18. The van der Waals surface area contributed by atoms with Crippen LogP contribution in [0.2, 0.25) is 0 Å². The van der Waals surface area contributed by atoms with Crippen LogP contribution >= 0.6 is 11.9 Å². The Balaban J connectivity index is 2.12. The second kappa shape index (κ2) is 6.16. The van der Waals surface area contributed by atoms with Gasteiger partial charge in [-0.05, 0) is 31.2 Å². The molecule has 104 valence electrons. The average molecular weight is 281 g/mol. The van der Waals surface area contributed by atoms with Gasteiger partial charge < -0.3 is 15.7 Å². The Morgan fingerprint density at radius 3 is 3.11 bits per heavy atom. The molecule has 1 unspecified atom stereocenters. The van der Waals surface area contributed by atoms with E-state index in [9.17, 15) is 9.90 Å². The Labute approximate surface area is 117 Å². The molecule has 1 fully saturated rings. The van der Waals surface area contributed by atoms with Crippen LogP contribution in [0.15, 0.2) is 18.2 Å². The number of carbonyl (C=O) groups is 1. The normalized spacial score (nSPS) is 19.4. The van der Waals surface area contributed by atoms with Crippen molar-refractivity contribution in [1.82, 2.24) is 9.62 Å². The number of piperidine rings is 1. The standard InChI is InChI=1S/C13H19N3O2S/c1-19-15-9-4-3-7-16(8-9)13(18)10-5-2-6-11(14)12(10)17/h2,5-6,9,15,17H,3-4,7-8,14H2,1H3. The third-order valence-corrected chi connectivity index (χ3v) is 3.86. The van der Waals surface area contributed by atoms with Crippen molar-refractivity contribution in [2.24, 2.45) is 0 Å². The molecule has 0 spiro atoms. The summed E-state index contributed by atoms with van der Waals surface area (Å²) >= 11 is 1.57. The number of carbonyl (C=O) groups excluding carboxylic acids is 1. The van der Waals surface area contributed by atoms with Crippen molar-refractivity contribution in [3.8, 4) is 5.75 Å². The van der Waals surface area contributed by atoms with Crippen LogP contribution in [0.4, 0.5) is 5.69 Å². The molecule has 0 radical (unpaired) electrons. The van der Waals surface area contributed by atoms with Crippen molar-refractivity contribution < 1.29 is 9.90 Å². The smallest absolute Gasteiger partial charge is 0.257 e. The van der Waals surface area contributed by atoms with Gasteiger partial charge in [0.1, 0.15) is 0 Å². The molecule has 1 amide bonds. The van der Waals surface area contributed by atoms with Crippen LogP contribution in [0, 0.1) is 0 Å². The predicted octanol–water partition coefficient (Wildman–Crippen LogP) is 1.45. The summed E-state index contributed by atoms with van der Waals surface area (Å²) in [5.41, 5.74) is 6.15. The lowest BCUT2D eigenvalue weighted by Crippen LogP contribution is -2.46. The number of benzene rings is 1. The van der Waals surface area contributed by atoms with E-state index in [-0.39, 0.29) is 22.9 Å². The third-order valence-electron chi connectivity index (χ3n) is 3.29. The second-order valence-corrected chi connectivity index (χ2v) is 5.30. The molecule has 0 bridgehead atoms. The number of aromatic hydroxyl groups is 1. The number of amides is 1. The monoisotopic (exact) mass is 281 g/mol. The maximum Gasteiger partial charge on any atom is 0.257 e. The Kier molecular flexibility index (Phi) is 4.55. The summed E-state index contributed by atoms with van der Waals surface area (Å²) in [4.78, 5) is 14.2. The zero-order valence-corrected chi connectivity index (χ0v) is 11.7. The molecule has 1 saturated heterocycles. The molecule has 1 heterocycles. The molecule has 0 aliphatic carbocycles. The molecule has 1 aromatic rings. The van der Waals surface area contributed by atoms with Gasteiger partial charge in [-0.15, -0.1) is 0 Å². The minimum atomic E-state index is -0.155. The Morgan fingerprint density at radius 2 is 2.37 bits per heavy atom. The van der Waals surface area contributed by atoms with Gasteiger partial charge in [0.05, 0.1) is 11.3 Å². The molecular formula is C13H19N3O2S. The molecular weight excluding hydrogens is 262 g/mol. The molecule has 5 nitrogen and oxygen atoms in total. The van der Waals surface area contributed by atoms with Crippen LogP contribution in [-0.4, -0.2) is 41.3 Å². The molecule has 0 aromatic heterocycles. The molecule has 6 heteroatoms. The fourth-order valence-corrected chi connectivity index (χ4v) is 2.85. The fraction of sp³-hybridized carbons (Fsp3) is 0.462. The van der Waals surface area contributed by atoms with E-state index < -0.39 is 0 Å². The van der Waals surface area contributed by atoms with E-state index in [1.807, 2.05) is 6.26 Å². The summed E-state index contributed by atoms with van der Waals surface area (Å²) in [5.74, 6) is -0.273. The highest BCUT2D eigenvalue weighted by molar-refractivity contribution is 7.96. The number of hydrogen-bond acceptors (Lipinski definition) is 5. The minimum Gasteiger partial charge on any atom is -0.505 e. The van der Waals surface area contributed by atoms with Crippen LogP contribution in [-0.2, 0) is 0 Å². The number of anilines is 1. The highest BCUT2D eigenvalue weighted by Gasteiger charge is 2.26. The lowest BCUT2D eigenvalue weighted by atomic mass is 10.0. The van der Waals surface area contributed by atoms with Gasteiger partial charge in [0.2, 0.25) is 0 Å². The lowest BCUT2D eigenvalue weighted by Gasteiger charge is -2.33.